The first kappa shape index (κ1) is 17.6. The van der Waals surface area contributed by atoms with Crippen molar-refractivity contribution in [3.05, 3.63) is 36.7 Å². The van der Waals surface area contributed by atoms with Gasteiger partial charge in [-0.25, -0.2) is 23.7 Å². The molecular weight excluding hydrogens is 354 g/mol. The van der Waals surface area contributed by atoms with Crippen molar-refractivity contribution in [1.82, 2.24) is 29.8 Å². The number of carbonyl (C=O) groups excluding carboxylic acids is 1. The zero-order valence-corrected chi connectivity index (χ0v) is 14.7. The second-order valence-electron chi connectivity index (χ2n) is 6.92. The van der Waals surface area contributed by atoms with Crippen LogP contribution in [0.5, 0.6) is 0 Å². The average molecular weight is 374 g/mol. The molecule has 27 heavy (non-hydrogen) atoms. The van der Waals surface area contributed by atoms with Crippen molar-refractivity contribution >= 4 is 16.9 Å². The highest BCUT2D eigenvalue weighted by molar-refractivity contribution is 6.03. The molecule has 1 amide bonds. The van der Waals surface area contributed by atoms with Crippen LogP contribution >= 0.6 is 0 Å². The molecule has 0 aromatic carbocycles. The van der Waals surface area contributed by atoms with E-state index in [9.17, 15) is 13.6 Å². The van der Waals surface area contributed by atoms with Crippen molar-refractivity contribution in [3.8, 4) is 5.95 Å². The van der Waals surface area contributed by atoms with Gasteiger partial charge in [-0.05, 0) is 31.2 Å². The molecule has 4 rings (SSSR count). The number of hydrogen-bond acceptors (Lipinski definition) is 4. The van der Waals surface area contributed by atoms with Gasteiger partial charge in [-0.15, -0.1) is 0 Å². The van der Waals surface area contributed by atoms with Crippen molar-refractivity contribution in [2.45, 2.75) is 38.0 Å². The lowest BCUT2D eigenvalue weighted by Crippen LogP contribution is -2.30. The standard InChI is InChI=1S/C18H20F2N6O/c19-18(20)5-1-12(2-6-18)3-7-23-16(27)15-14-13(4-8-22-14)24-17(25-15)26-10-9-21-11-26/h4,8-12,22H,1-3,5-7H2,(H,23,27). The van der Waals surface area contributed by atoms with Crippen molar-refractivity contribution in [3.63, 3.8) is 0 Å². The first-order valence-corrected chi connectivity index (χ1v) is 9.01. The number of H-pyrrole nitrogens is 1. The number of amides is 1. The molecule has 2 N–H and O–H groups in total. The molecule has 0 radical (unpaired) electrons. The molecule has 0 bridgehead atoms. The highest BCUT2D eigenvalue weighted by Crippen LogP contribution is 2.37. The molecule has 0 saturated heterocycles. The Kier molecular flexibility index (Phi) is 4.59. The Bertz CT molecular complexity index is 927. The van der Waals surface area contributed by atoms with Crippen LogP contribution in [0.4, 0.5) is 8.78 Å². The number of carbonyl (C=O) groups is 1. The van der Waals surface area contributed by atoms with Crippen LogP contribution in [0.1, 0.15) is 42.6 Å². The number of imidazole rings is 1. The molecule has 0 atom stereocenters. The first-order chi connectivity index (χ1) is 13.0. The maximum Gasteiger partial charge on any atom is 0.272 e. The van der Waals surface area contributed by atoms with Gasteiger partial charge in [-0.1, -0.05) is 0 Å². The summed E-state index contributed by atoms with van der Waals surface area (Å²) < 4.78 is 28.1. The second-order valence-corrected chi connectivity index (χ2v) is 6.92. The van der Waals surface area contributed by atoms with E-state index >= 15 is 0 Å². The van der Waals surface area contributed by atoms with Gasteiger partial charge in [-0.3, -0.25) is 9.36 Å². The molecule has 3 aromatic rings. The van der Waals surface area contributed by atoms with Gasteiger partial charge >= 0.3 is 0 Å². The van der Waals surface area contributed by atoms with Crippen LogP contribution in [0, 0.1) is 5.92 Å². The number of alkyl halides is 2. The van der Waals surface area contributed by atoms with E-state index < -0.39 is 5.92 Å². The van der Waals surface area contributed by atoms with E-state index in [0.29, 0.717) is 42.8 Å². The summed E-state index contributed by atoms with van der Waals surface area (Å²) in [4.78, 5) is 28.4. The maximum absolute atomic E-state index is 13.2. The van der Waals surface area contributed by atoms with Gasteiger partial charge in [-0.2, -0.15) is 0 Å². The molecule has 142 valence electrons. The van der Waals surface area contributed by atoms with Crippen LogP contribution in [0.3, 0.4) is 0 Å². The van der Waals surface area contributed by atoms with Gasteiger partial charge in [0.1, 0.15) is 6.33 Å². The van der Waals surface area contributed by atoms with Gasteiger partial charge in [0, 0.05) is 38.0 Å². The summed E-state index contributed by atoms with van der Waals surface area (Å²) in [5, 5.41) is 2.86. The predicted octanol–water partition coefficient (Wildman–Crippen LogP) is 3.09. The molecule has 0 unspecified atom stereocenters. The van der Waals surface area contributed by atoms with Crippen molar-refractivity contribution in [2.24, 2.45) is 5.92 Å². The van der Waals surface area contributed by atoms with Gasteiger partial charge in [0.2, 0.25) is 11.9 Å². The Morgan fingerprint density at radius 3 is 2.89 bits per heavy atom. The maximum atomic E-state index is 13.2. The number of hydrogen-bond donors (Lipinski definition) is 2. The average Bonchev–Trinajstić information content (AvgIpc) is 3.33. The Morgan fingerprint density at radius 2 is 2.15 bits per heavy atom. The summed E-state index contributed by atoms with van der Waals surface area (Å²) in [6.45, 7) is 0.432. The van der Waals surface area contributed by atoms with E-state index in [1.165, 1.54) is 0 Å². The minimum Gasteiger partial charge on any atom is -0.358 e. The third kappa shape index (κ3) is 3.81. The van der Waals surface area contributed by atoms with E-state index in [2.05, 4.69) is 25.3 Å². The van der Waals surface area contributed by atoms with Gasteiger partial charge < -0.3 is 10.3 Å². The lowest BCUT2D eigenvalue weighted by Gasteiger charge is -2.28. The summed E-state index contributed by atoms with van der Waals surface area (Å²) in [6.07, 6.45) is 8.15. The highest BCUT2D eigenvalue weighted by Gasteiger charge is 2.34. The molecule has 3 heterocycles. The highest BCUT2D eigenvalue weighted by atomic mass is 19.3. The topological polar surface area (TPSA) is 88.5 Å². The fourth-order valence-corrected chi connectivity index (χ4v) is 3.45. The normalized spacial score (nSPS) is 17.3. The fourth-order valence-electron chi connectivity index (χ4n) is 3.45. The van der Waals surface area contributed by atoms with E-state index in [4.69, 9.17) is 0 Å². The minimum atomic E-state index is -2.52. The van der Waals surface area contributed by atoms with Crippen molar-refractivity contribution < 1.29 is 13.6 Å². The summed E-state index contributed by atoms with van der Waals surface area (Å²) in [6, 6.07) is 1.77. The number of halogens is 2. The number of nitrogens with one attached hydrogen (secondary N) is 2. The number of aromatic nitrogens is 5. The van der Waals surface area contributed by atoms with Crippen molar-refractivity contribution in [2.75, 3.05) is 6.54 Å². The van der Waals surface area contributed by atoms with Gasteiger partial charge in [0.25, 0.3) is 5.91 Å². The summed E-state index contributed by atoms with van der Waals surface area (Å²) in [5.41, 5.74) is 1.45. The molecule has 9 heteroatoms. The van der Waals surface area contributed by atoms with Gasteiger partial charge in [0.15, 0.2) is 5.69 Å². The summed E-state index contributed by atoms with van der Waals surface area (Å²) >= 11 is 0. The molecular formula is C18H20F2N6O. The number of rotatable bonds is 5. The number of fused-ring (bicyclic) bond motifs is 1. The zero-order valence-electron chi connectivity index (χ0n) is 14.7. The van der Waals surface area contributed by atoms with E-state index in [1.807, 2.05) is 0 Å². The minimum absolute atomic E-state index is 0.0606. The molecule has 1 aliphatic rings. The zero-order chi connectivity index (χ0) is 18.9. The van der Waals surface area contributed by atoms with Crippen LogP contribution in [-0.4, -0.2) is 42.9 Å². The van der Waals surface area contributed by atoms with Crippen molar-refractivity contribution in [1.29, 1.82) is 0 Å². The monoisotopic (exact) mass is 374 g/mol. The Labute approximate surface area is 154 Å². The molecule has 3 aromatic heterocycles. The molecule has 0 spiro atoms. The first-order valence-electron chi connectivity index (χ1n) is 9.01. The largest absolute Gasteiger partial charge is 0.358 e. The molecule has 1 saturated carbocycles. The SMILES string of the molecule is O=C(NCCC1CCC(F)(F)CC1)c1nc(-n2ccnc2)nc2cc[nH]c12. The van der Waals surface area contributed by atoms with E-state index in [-0.39, 0.29) is 30.4 Å². The van der Waals surface area contributed by atoms with Crippen LogP contribution in [0.25, 0.3) is 17.0 Å². The molecule has 1 aliphatic carbocycles. The lowest BCUT2D eigenvalue weighted by atomic mass is 9.85. The Hall–Kier alpha value is -2.84. The third-order valence-electron chi connectivity index (χ3n) is 5.02. The van der Waals surface area contributed by atoms with Crippen LogP contribution in [0.2, 0.25) is 0 Å². The summed E-state index contributed by atoms with van der Waals surface area (Å²) in [7, 11) is 0. The van der Waals surface area contributed by atoms with Gasteiger partial charge in [0.05, 0.1) is 11.0 Å². The molecule has 0 aliphatic heterocycles. The quantitative estimate of drug-likeness (QED) is 0.718. The second kappa shape index (κ2) is 7.05. The predicted molar refractivity (Wildman–Crippen MR) is 94.9 cm³/mol. The number of aromatic amines is 1. The summed E-state index contributed by atoms with van der Waals surface area (Å²) in [5.74, 6) is -2.25. The van der Waals surface area contributed by atoms with Crippen LogP contribution < -0.4 is 5.32 Å². The van der Waals surface area contributed by atoms with Crippen LogP contribution in [0.15, 0.2) is 31.0 Å². The van der Waals surface area contributed by atoms with E-state index in [0.717, 1.165) is 0 Å². The Morgan fingerprint density at radius 1 is 1.33 bits per heavy atom. The third-order valence-corrected chi connectivity index (χ3v) is 5.02. The van der Waals surface area contributed by atoms with Crippen LogP contribution in [-0.2, 0) is 0 Å². The smallest absolute Gasteiger partial charge is 0.272 e. The number of nitrogens with zero attached hydrogens (tertiary/aromatic N) is 4. The fraction of sp³-hybridized carbons (Fsp3) is 0.444. The van der Waals surface area contributed by atoms with E-state index in [1.54, 1.807) is 35.6 Å². The lowest BCUT2D eigenvalue weighted by molar-refractivity contribution is -0.0464. The Balaban J connectivity index is 1.44. The molecule has 1 fully saturated rings. The molecule has 7 nitrogen and oxygen atoms in total.